The molecular weight excluding hydrogens is 1200 g/mol. The Hall–Kier alpha value is -1.79. The van der Waals surface area contributed by atoms with Gasteiger partial charge in [-0.2, -0.15) is 0 Å². The standard InChI is InChI=1S/C62H109IN2O19/c1-3-4-5-6-7-8-9-10-13-16-19-22-25-28-36-78-41-46(69)38-65(50(70)30-27-24-21-18-15-12-11-14-17-20-23-26-29-44-31-33-45(63)34-32-44)35-37-79-61-58(77)56(75)54(73)49(83-61)42-80-62-59(57(76)53(72)48(40-67)82-62)84-60-51(64-43(2)68)55(74)52(71)47(39-66)81-60/h31-34,46-49,51-62,66-67,69,71-77H,3-30,35-42H2,1-2H3,(H,64,68)/t46?,47-,48-,49-,51-,52-,53-,54-,55-,56+,57+,58-,59+,60+,61-,62+/m1/s1/i63-2. The number of nitrogens with zero attached hydrogens (tertiary/aromatic N) is 1. The average Bonchev–Trinajstić information content (AvgIpc) is 2.46. The molecule has 0 bridgehead atoms. The fraction of sp³-hybridized carbons (Fsp3) is 0.871. The van der Waals surface area contributed by atoms with Crippen molar-refractivity contribution in [2.75, 3.05) is 52.7 Å². The van der Waals surface area contributed by atoms with Crippen molar-refractivity contribution in [3.63, 3.8) is 0 Å². The Morgan fingerprint density at radius 3 is 1.61 bits per heavy atom. The number of halogens is 1. The topological polar surface area (TPSA) is 316 Å². The molecule has 4 rings (SSSR count). The Kier molecular flexibility index (Phi) is 38.9. The van der Waals surface area contributed by atoms with Crippen LogP contribution in [0.3, 0.4) is 0 Å². The number of hydrogen-bond acceptors (Lipinski definition) is 19. The minimum Gasteiger partial charge on any atom is -0.394 e. The van der Waals surface area contributed by atoms with Crippen molar-refractivity contribution in [1.82, 2.24) is 10.2 Å². The molecule has 3 aliphatic heterocycles. The van der Waals surface area contributed by atoms with Gasteiger partial charge in [0.15, 0.2) is 18.9 Å². The highest BCUT2D eigenvalue weighted by Gasteiger charge is 2.52. The van der Waals surface area contributed by atoms with Crippen LogP contribution in [0.25, 0.3) is 0 Å². The predicted molar refractivity (Wildman–Crippen MR) is 323 cm³/mol. The Bertz CT molecular complexity index is 1850. The van der Waals surface area contributed by atoms with Gasteiger partial charge in [0.05, 0.1) is 39.1 Å². The van der Waals surface area contributed by atoms with Crippen LogP contribution in [-0.2, 0) is 49.2 Å². The summed E-state index contributed by atoms with van der Waals surface area (Å²) in [7, 11) is 0. The van der Waals surface area contributed by atoms with E-state index in [-0.39, 0.29) is 38.6 Å². The lowest BCUT2D eigenvalue weighted by molar-refractivity contribution is -0.363. The average molecular weight is 1310 g/mol. The molecule has 1 aromatic rings. The van der Waals surface area contributed by atoms with E-state index in [1.165, 1.54) is 130 Å². The molecule has 1 unspecified atom stereocenters. The number of unbranched alkanes of at least 4 members (excludes halogenated alkanes) is 24. The lowest BCUT2D eigenvalue weighted by Crippen LogP contribution is -2.67. The maximum absolute atomic E-state index is 13.8. The molecule has 84 heavy (non-hydrogen) atoms. The van der Waals surface area contributed by atoms with Crippen LogP contribution < -0.4 is 5.32 Å². The summed E-state index contributed by atoms with van der Waals surface area (Å²) in [6.45, 7) is 1.45. The summed E-state index contributed by atoms with van der Waals surface area (Å²) in [5, 5.41) is 110. The van der Waals surface area contributed by atoms with Crippen LogP contribution in [0.4, 0.5) is 0 Å². The van der Waals surface area contributed by atoms with Crippen molar-refractivity contribution >= 4 is 34.4 Å². The Labute approximate surface area is 513 Å². The molecule has 1 aromatic carbocycles. The molecule has 3 fully saturated rings. The minimum absolute atomic E-state index is 0.0168. The fourth-order valence-electron chi connectivity index (χ4n) is 11.2. The second-order valence-corrected chi connectivity index (χ2v) is 24.7. The van der Waals surface area contributed by atoms with E-state index in [0.29, 0.717) is 13.0 Å². The highest BCUT2D eigenvalue weighted by Crippen LogP contribution is 2.32. The summed E-state index contributed by atoms with van der Waals surface area (Å²) in [6.07, 6.45) is 8.11. The molecule has 0 saturated carbocycles. The van der Waals surface area contributed by atoms with Gasteiger partial charge in [-0.1, -0.05) is 167 Å². The zero-order valence-corrected chi connectivity index (χ0v) is 52.6. The summed E-state index contributed by atoms with van der Waals surface area (Å²) in [6, 6.07) is 7.33. The lowest BCUT2D eigenvalue weighted by Gasteiger charge is -2.47. The van der Waals surface area contributed by atoms with Gasteiger partial charge in [-0.15, -0.1) is 0 Å². The van der Waals surface area contributed by atoms with Gasteiger partial charge in [-0.25, -0.2) is 0 Å². The normalized spacial score (nSPS) is 28.6. The van der Waals surface area contributed by atoms with Crippen molar-refractivity contribution < 1.29 is 93.8 Å². The zero-order chi connectivity index (χ0) is 61.1. The number of amides is 2. The number of carbonyl (C=O) groups is 2. The molecule has 21 nitrogen and oxygen atoms in total. The number of aliphatic hydroxyl groups excluding tert-OH is 10. The predicted octanol–water partition coefficient (Wildman–Crippen LogP) is 5.20. The minimum atomic E-state index is -1.87. The second-order valence-electron chi connectivity index (χ2n) is 23.5. The van der Waals surface area contributed by atoms with Gasteiger partial charge in [0, 0.05) is 36.6 Å². The van der Waals surface area contributed by atoms with Crippen LogP contribution in [0, 0.1) is 3.57 Å². The number of aliphatic hydroxyl groups is 10. The number of nitrogens with one attached hydrogen (secondary N) is 1. The van der Waals surface area contributed by atoms with Crippen LogP contribution in [0.15, 0.2) is 24.3 Å². The van der Waals surface area contributed by atoms with Gasteiger partial charge in [0.25, 0.3) is 0 Å². The first-order valence-corrected chi connectivity index (χ1v) is 33.1. The molecule has 488 valence electrons. The van der Waals surface area contributed by atoms with Gasteiger partial charge in [-0.05, 0) is 66.0 Å². The van der Waals surface area contributed by atoms with E-state index in [1.807, 2.05) is 0 Å². The third-order valence-corrected chi connectivity index (χ3v) is 17.1. The van der Waals surface area contributed by atoms with Crippen LogP contribution >= 0.6 is 22.6 Å². The SMILES string of the molecule is CCCCCCCCCCCCCCCCOCC(O)CN(CCO[C@@H]1O[C@H](CO[C@H]2O[C@H](CO)[C@@H](O)[C@H](O)[C@@H]2O[C@@H]2O[C@H](CO)[C@@H](O)[C@H](O)[C@H]2NC(C)=O)[C@@H](O)[C@H](O)[C@H]1O)C(=O)CCCCCCCCCCCCCCc1ccc([125I])cc1. The van der Waals surface area contributed by atoms with Crippen molar-refractivity contribution in [1.29, 1.82) is 0 Å². The van der Waals surface area contributed by atoms with E-state index >= 15 is 0 Å². The molecular formula is C62H109IN2O19. The molecule has 3 saturated heterocycles. The molecule has 0 aromatic heterocycles. The quantitative estimate of drug-likeness (QED) is 0.0295. The summed E-state index contributed by atoms with van der Waals surface area (Å²) in [4.78, 5) is 27.4. The molecule has 11 N–H and O–H groups in total. The first-order valence-electron chi connectivity index (χ1n) is 32.0. The lowest BCUT2D eigenvalue weighted by atomic mass is 9.95. The molecule has 0 spiro atoms. The number of ether oxygens (including phenoxy) is 7. The monoisotopic (exact) mass is 1310 g/mol. The first-order chi connectivity index (χ1) is 40.6. The molecule has 16 atom stereocenters. The van der Waals surface area contributed by atoms with E-state index in [0.717, 1.165) is 58.3 Å². The van der Waals surface area contributed by atoms with E-state index in [9.17, 15) is 60.7 Å². The van der Waals surface area contributed by atoms with Gasteiger partial charge < -0.3 is 94.4 Å². The van der Waals surface area contributed by atoms with E-state index < -0.39 is 124 Å². The highest BCUT2D eigenvalue weighted by molar-refractivity contribution is 14.1. The zero-order valence-electron chi connectivity index (χ0n) is 50.5. The van der Waals surface area contributed by atoms with E-state index in [1.54, 1.807) is 0 Å². The Morgan fingerprint density at radius 2 is 1.06 bits per heavy atom. The summed E-state index contributed by atoms with van der Waals surface area (Å²) < 4.78 is 42.2. The molecule has 0 radical (unpaired) electrons. The summed E-state index contributed by atoms with van der Waals surface area (Å²) in [5.41, 5.74) is 1.41. The Balaban J connectivity index is 1.25. The van der Waals surface area contributed by atoms with E-state index in [2.05, 4.69) is 59.1 Å². The van der Waals surface area contributed by atoms with Crippen LogP contribution in [0.5, 0.6) is 0 Å². The summed E-state index contributed by atoms with van der Waals surface area (Å²) >= 11 is 2.34. The van der Waals surface area contributed by atoms with Gasteiger partial charge in [-0.3, -0.25) is 9.59 Å². The maximum atomic E-state index is 13.8. The van der Waals surface area contributed by atoms with Crippen molar-refractivity contribution in [3.05, 3.63) is 33.4 Å². The summed E-state index contributed by atoms with van der Waals surface area (Å²) in [5.74, 6) is -0.844. The van der Waals surface area contributed by atoms with Crippen LogP contribution in [0.1, 0.15) is 193 Å². The number of aryl methyl sites for hydroxylation is 1. The molecule has 2 amide bonds. The van der Waals surface area contributed by atoms with Crippen molar-refractivity contribution in [3.8, 4) is 0 Å². The highest BCUT2D eigenvalue weighted by atomic mass is 125. The third-order valence-electron chi connectivity index (χ3n) is 16.4. The molecule has 3 aliphatic rings. The first kappa shape index (κ1) is 74.7. The third kappa shape index (κ3) is 27.9. The fourth-order valence-corrected chi connectivity index (χ4v) is 11.5. The van der Waals surface area contributed by atoms with Gasteiger partial charge >= 0.3 is 0 Å². The molecule has 0 aliphatic carbocycles. The van der Waals surface area contributed by atoms with Crippen LogP contribution in [0.2, 0.25) is 0 Å². The second kappa shape index (κ2) is 43.8. The van der Waals surface area contributed by atoms with E-state index in [4.69, 9.17) is 33.2 Å². The molecule has 3 heterocycles. The largest absolute Gasteiger partial charge is 0.394 e. The number of carbonyl (C=O) groups excluding carboxylic acids is 2. The number of rotatable bonds is 46. The van der Waals surface area contributed by atoms with Crippen molar-refractivity contribution in [2.45, 2.75) is 292 Å². The maximum Gasteiger partial charge on any atom is 0.222 e. The van der Waals surface area contributed by atoms with Crippen LogP contribution in [-0.4, -0.2) is 219 Å². The number of benzene rings is 1. The Morgan fingerprint density at radius 1 is 0.571 bits per heavy atom. The smallest absolute Gasteiger partial charge is 0.222 e. The van der Waals surface area contributed by atoms with Gasteiger partial charge in [0.2, 0.25) is 11.8 Å². The number of hydrogen-bond donors (Lipinski definition) is 11. The van der Waals surface area contributed by atoms with Gasteiger partial charge in [0.1, 0.15) is 73.2 Å². The molecule has 22 heteroatoms. The van der Waals surface area contributed by atoms with Crippen molar-refractivity contribution in [2.24, 2.45) is 0 Å².